The number of aromatic nitrogens is 1. The van der Waals surface area contributed by atoms with Gasteiger partial charge < -0.3 is 9.30 Å². The smallest absolute Gasteiger partial charge is 0.355 e. The first-order valence-corrected chi connectivity index (χ1v) is 6.34. The van der Waals surface area contributed by atoms with Crippen molar-refractivity contribution in [2.24, 2.45) is 7.05 Å². The number of benzene rings is 1. The van der Waals surface area contributed by atoms with Gasteiger partial charge in [-0.1, -0.05) is 18.2 Å². The summed E-state index contributed by atoms with van der Waals surface area (Å²) in [6.45, 7) is 1.56. The van der Waals surface area contributed by atoms with Crippen molar-refractivity contribution < 1.29 is 14.3 Å². The van der Waals surface area contributed by atoms with Crippen molar-refractivity contribution >= 4 is 11.8 Å². The Labute approximate surface area is 122 Å². The fraction of sp³-hybridized carbons (Fsp3) is 0.188. The van der Waals surface area contributed by atoms with E-state index in [0.717, 1.165) is 5.56 Å². The molecule has 0 radical (unpaired) electrons. The third-order valence-electron chi connectivity index (χ3n) is 3.05. The molecule has 1 heterocycles. The highest BCUT2D eigenvalue weighted by molar-refractivity contribution is 5.94. The van der Waals surface area contributed by atoms with Crippen molar-refractivity contribution in [1.29, 1.82) is 5.26 Å². The summed E-state index contributed by atoms with van der Waals surface area (Å²) in [5, 5.41) is 8.80. The second kappa shape index (κ2) is 6.06. The van der Waals surface area contributed by atoms with E-state index in [-0.39, 0.29) is 12.4 Å². The largest absolute Gasteiger partial charge is 0.456 e. The maximum absolute atomic E-state index is 12.0. The van der Waals surface area contributed by atoms with Crippen molar-refractivity contribution in [3.63, 3.8) is 0 Å². The summed E-state index contributed by atoms with van der Waals surface area (Å²) >= 11 is 0. The monoisotopic (exact) mass is 282 g/mol. The molecule has 0 amide bonds. The molecule has 0 fully saturated rings. The Morgan fingerprint density at radius 3 is 2.71 bits per heavy atom. The first kappa shape index (κ1) is 14.5. The molecular weight excluding hydrogens is 268 g/mol. The lowest BCUT2D eigenvalue weighted by Crippen LogP contribution is -2.09. The highest BCUT2D eigenvalue weighted by Gasteiger charge is 2.13. The SMILES string of the molecule is CC(=O)c1cccc(COC(=O)c2cc(C#N)cn2C)c1. The van der Waals surface area contributed by atoms with Crippen LogP contribution in [0, 0.1) is 11.3 Å². The standard InChI is InChI=1S/C16H14N2O3/c1-11(19)14-5-3-4-12(6-14)10-21-16(20)15-7-13(8-17)9-18(15)2/h3-7,9H,10H2,1-2H3. The number of ether oxygens (including phenoxy) is 1. The van der Waals surface area contributed by atoms with Crippen LogP contribution < -0.4 is 0 Å². The zero-order valence-corrected chi connectivity index (χ0v) is 11.8. The molecule has 0 saturated carbocycles. The Morgan fingerprint density at radius 1 is 1.33 bits per heavy atom. The number of rotatable bonds is 4. The van der Waals surface area contributed by atoms with Crippen molar-refractivity contribution in [2.75, 3.05) is 0 Å². The molecule has 106 valence electrons. The van der Waals surface area contributed by atoms with E-state index in [4.69, 9.17) is 10.00 Å². The molecule has 0 aliphatic rings. The van der Waals surface area contributed by atoms with Gasteiger partial charge in [-0.05, 0) is 24.6 Å². The van der Waals surface area contributed by atoms with E-state index in [0.29, 0.717) is 16.8 Å². The zero-order chi connectivity index (χ0) is 15.4. The Kier molecular flexibility index (Phi) is 4.19. The van der Waals surface area contributed by atoms with Gasteiger partial charge in [-0.3, -0.25) is 4.79 Å². The van der Waals surface area contributed by atoms with Crippen molar-refractivity contribution in [1.82, 2.24) is 4.57 Å². The van der Waals surface area contributed by atoms with E-state index in [9.17, 15) is 9.59 Å². The number of nitriles is 1. The predicted octanol–water partition coefficient (Wildman–Crippen LogP) is 2.46. The summed E-state index contributed by atoms with van der Waals surface area (Å²) in [6.07, 6.45) is 1.56. The lowest BCUT2D eigenvalue weighted by Gasteiger charge is -2.06. The molecule has 1 aromatic heterocycles. The first-order valence-electron chi connectivity index (χ1n) is 6.34. The summed E-state index contributed by atoms with van der Waals surface area (Å²) in [7, 11) is 1.67. The summed E-state index contributed by atoms with van der Waals surface area (Å²) in [5.74, 6) is -0.545. The summed E-state index contributed by atoms with van der Waals surface area (Å²) in [4.78, 5) is 23.3. The lowest BCUT2D eigenvalue weighted by atomic mass is 10.1. The predicted molar refractivity (Wildman–Crippen MR) is 75.7 cm³/mol. The van der Waals surface area contributed by atoms with Gasteiger partial charge in [0.15, 0.2) is 5.78 Å². The number of nitrogens with zero attached hydrogens (tertiary/aromatic N) is 2. The fourth-order valence-electron chi connectivity index (χ4n) is 1.93. The molecule has 21 heavy (non-hydrogen) atoms. The first-order chi connectivity index (χ1) is 10.0. The molecule has 0 aliphatic heterocycles. The zero-order valence-electron chi connectivity index (χ0n) is 11.8. The minimum absolute atomic E-state index is 0.0377. The Bertz CT molecular complexity index is 738. The van der Waals surface area contributed by atoms with Crippen LogP contribution in [0.1, 0.15) is 38.9 Å². The Hall–Kier alpha value is -2.87. The highest BCUT2D eigenvalue weighted by atomic mass is 16.5. The number of hydrogen-bond acceptors (Lipinski definition) is 4. The van der Waals surface area contributed by atoms with Gasteiger partial charge in [-0.25, -0.2) is 4.79 Å². The summed E-state index contributed by atoms with van der Waals surface area (Å²) < 4.78 is 6.76. The minimum Gasteiger partial charge on any atom is -0.456 e. The van der Waals surface area contributed by atoms with Crippen LogP contribution in [0.2, 0.25) is 0 Å². The fourth-order valence-corrected chi connectivity index (χ4v) is 1.93. The lowest BCUT2D eigenvalue weighted by molar-refractivity contribution is 0.0461. The van der Waals surface area contributed by atoms with Gasteiger partial charge in [0.2, 0.25) is 0 Å². The van der Waals surface area contributed by atoms with E-state index in [1.165, 1.54) is 13.0 Å². The van der Waals surface area contributed by atoms with E-state index in [1.807, 2.05) is 6.07 Å². The van der Waals surface area contributed by atoms with Gasteiger partial charge in [0, 0.05) is 18.8 Å². The van der Waals surface area contributed by atoms with Gasteiger partial charge in [0.05, 0.1) is 5.56 Å². The van der Waals surface area contributed by atoms with Crippen molar-refractivity contribution in [3.8, 4) is 6.07 Å². The molecule has 1 aromatic carbocycles. The van der Waals surface area contributed by atoms with Crippen LogP contribution in [0.15, 0.2) is 36.5 Å². The van der Waals surface area contributed by atoms with Crippen LogP contribution in [0.4, 0.5) is 0 Å². The maximum Gasteiger partial charge on any atom is 0.355 e. The van der Waals surface area contributed by atoms with E-state index < -0.39 is 5.97 Å². The number of esters is 1. The van der Waals surface area contributed by atoms with Crippen LogP contribution in [0.5, 0.6) is 0 Å². The van der Waals surface area contributed by atoms with E-state index in [2.05, 4.69) is 0 Å². The maximum atomic E-state index is 12.0. The average Bonchev–Trinajstić information content (AvgIpc) is 2.86. The van der Waals surface area contributed by atoms with Crippen LogP contribution in [-0.4, -0.2) is 16.3 Å². The molecule has 0 spiro atoms. The number of hydrogen-bond donors (Lipinski definition) is 0. The molecule has 0 atom stereocenters. The molecule has 0 unspecified atom stereocenters. The molecule has 5 nitrogen and oxygen atoms in total. The molecule has 0 bridgehead atoms. The van der Waals surface area contributed by atoms with Gasteiger partial charge in [-0.2, -0.15) is 5.26 Å². The molecule has 2 rings (SSSR count). The summed E-state index contributed by atoms with van der Waals surface area (Å²) in [6, 6.07) is 10.4. The topological polar surface area (TPSA) is 72.1 Å². The second-order valence-corrected chi connectivity index (χ2v) is 4.67. The second-order valence-electron chi connectivity index (χ2n) is 4.67. The number of Topliss-reactive ketones (excluding diaryl/α,β-unsaturated/α-hetero) is 1. The number of carbonyl (C=O) groups is 2. The quantitative estimate of drug-likeness (QED) is 0.638. The molecule has 0 N–H and O–H groups in total. The third kappa shape index (κ3) is 3.37. The van der Waals surface area contributed by atoms with Gasteiger partial charge in [-0.15, -0.1) is 0 Å². The Balaban J connectivity index is 2.07. The molecular formula is C16H14N2O3. The van der Waals surface area contributed by atoms with E-state index >= 15 is 0 Å². The Morgan fingerprint density at radius 2 is 2.10 bits per heavy atom. The van der Waals surface area contributed by atoms with Gasteiger partial charge >= 0.3 is 5.97 Å². The van der Waals surface area contributed by atoms with Crippen LogP contribution in [0.3, 0.4) is 0 Å². The summed E-state index contributed by atoms with van der Waals surface area (Å²) in [5.41, 5.74) is 2.04. The molecule has 5 heteroatoms. The average molecular weight is 282 g/mol. The number of aryl methyl sites for hydroxylation is 1. The van der Waals surface area contributed by atoms with Crippen molar-refractivity contribution in [3.05, 3.63) is 58.9 Å². The normalized spacial score (nSPS) is 9.95. The number of ketones is 1. The van der Waals surface area contributed by atoms with Gasteiger partial charge in [0.1, 0.15) is 18.4 Å². The third-order valence-corrected chi connectivity index (χ3v) is 3.05. The van der Waals surface area contributed by atoms with Crippen molar-refractivity contribution in [2.45, 2.75) is 13.5 Å². The van der Waals surface area contributed by atoms with E-state index in [1.54, 1.807) is 42.1 Å². The molecule has 2 aromatic rings. The van der Waals surface area contributed by atoms with Gasteiger partial charge in [0.25, 0.3) is 0 Å². The molecule has 0 aliphatic carbocycles. The number of carbonyl (C=O) groups excluding carboxylic acids is 2. The van der Waals surface area contributed by atoms with Crippen LogP contribution in [-0.2, 0) is 18.4 Å². The van der Waals surface area contributed by atoms with Crippen LogP contribution in [0.25, 0.3) is 0 Å². The minimum atomic E-state index is -0.507. The van der Waals surface area contributed by atoms with Crippen LogP contribution >= 0.6 is 0 Å². The highest BCUT2D eigenvalue weighted by Crippen LogP contribution is 2.11. The molecule has 0 saturated heterocycles.